The molecule has 30 heavy (non-hydrogen) atoms. The Kier molecular flexibility index (Phi) is 5.56. The number of hydrogen-bond donors (Lipinski definition) is 1. The van der Waals surface area contributed by atoms with Gasteiger partial charge in [0.1, 0.15) is 15.2 Å². The lowest BCUT2D eigenvalue weighted by molar-refractivity contribution is 0.523. The van der Waals surface area contributed by atoms with Gasteiger partial charge in [0, 0.05) is 11.3 Å². The fourth-order valence-electron chi connectivity index (χ4n) is 2.74. The molecule has 0 saturated carbocycles. The molecule has 0 radical (unpaired) electrons. The van der Waals surface area contributed by atoms with Gasteiger partial charge in [-0.05, 0) is 41.5 Å². The van der Waals surface area contributed by atoms with Gasteiger partial charge in [-0.1, -0.05) is 42.5 Å². The van der Waals surface area contributed by atoms with Crippen LogP contribution in [0.1, 0.15) is 10.4 Å². The Balaban J connectivity index is 1.37. The smallest absolute Gasteiger partial charge is 0.271 e. The highest BCUT2D eigenvalue weighted by Crippen LogP contribution is 2.23. The second-order valence-corrected chi connectivity index (χ2v) is 9.35. The van der Waals surface area contributed by atoms with E-state index in [0.717, 1.165) is 22.5 Å². The summed E-state index contributed by atoms with van der Waals surface area (Å²) in [7, 11) is -3.71. The van der Waals surface area contributed by atoms with Crippen LogP contribution in [-0.4, -0.2) is 28.6 Å². The van der Waals surface area contributed by atoms with Gasteiger partial charge in [0.15, 0.2) is 0 Å². The van der Waals surface area contributed by atoms with E-state index < -0.39 is 10.0 Å². The number of tetrazole rings is 1. The fraction of sp³-hybridized carbons (Fsp3) is 0.100. The number of aromatic nitrogens is 4. The Bertz CT molecular complexity index is 1290. The molecular weight excluding hydrogens is 420 g/mol. The number of nitrogens with one attached hydrogen (secondary N) is 1. The highest BCUT2D eigenvalue weighted by atomic mass is 32.2. The number of benzene rings is 2. The van der Waals surface area contributed by atoms with E-state index >= 15 is 0 Å². The van der Waals surface area contributed by atoms with Gasteiger partial charge in [-0.15, -0.1) is 21.5 Å². The Morgan fingerprint density at radius 2 is 1.80 bits per heavy atom. The standard InChI is InChI=1S/C20H16N6O2S2/c21-14-18-10-11-19(29-18)30(27,28)24-17-8-6-15(7-9-17)12-13-26-23-20(22-25-26)16-4-2-1-3-5-16/h1-11,24H,12-13H2. The van der Waals surface area contributed by atoms with Crippen molar-refractivity contribution in [3.8, 4) is 17.5 Å². The van der Waals surface area contributed by atoms with E-state index in [1.165, 1.54) is 12.1 Å². The maximum atomic E-state index is 12.4. The number of thiophene rings is 1. The Morgan fingerprint density at radius 1 is 1.03 bits per heavy atom. The zero-order valence-corrected chi connectivity index (χ0v) is 17.3. The van der Waals surface area contributed by atoms with Crippen molar-refractivity contribution in [2.45, 2.75) is 17.2 Å². The molecule has 10 heteroatoms. The van der Waals surface area contributed by atoms with E-state index in [-0.39, 0.29) is 4.21 Å². The van der Waals surface area contributed by atoms with Crippen LogP contribution in [0.5, 0.6) is 0 Å². The van der Waals surface area contributed by atoms with Gasteiger partial charge in [-0.3, -0.25) is 4.72 Å². The average molecular weight is 437 g/mol. The van der Waals surface area contributed by atoms with Crippen LogP contribution >= 0.6 is 11.3 Å². The molecule has 0 amide bonds. The van der Waals surface area contributed by atoms with E-state index in [1.54, 1.807) is 16.9 Å². The highest BCUT2D eigenvalue weighted by molar-refractivity contribution is 7.94. The van der Waals surface area contributed by atoms with Crippen molar-refractivity contribution in [1.29, 1.82) is 5.26 Å². The van der Waals surface area contributed by atoms with E-state index in [4.69, 9.17) is 5.26 Å². The molecule has 2 heterocycles. The molecule has 0 aliphatic carbocycles. The van der Waals surface area contributed by atoms with E-state index in [0.29, 0.717) is 29.4 Å². The zero-order chi connectivity index (χ0) is 21.0. The molecular formula is C20H16N6O2S2. The van der Waals surface area contributed by atoms with Crippen molar-refractivity contribution in [1.82, 2.24) is 20.2 Å². The average Bonchev–Trinajstić information content (AvgIpc) is 3.44. The molecule has 0 saturated heterocycles. The van der Waals surface area contributed by atoms with Crippen LogP contribution in [-0.2, 0) is 23.0 Å². The predicted molar refractivity (Wildman–Crippen MR) is 113 cm³/mol. The first-order chi connectivity index (χ1) is 14.5. The third-order valence-corrected chi connectivity index (χ3v) is 7.11. The summed E-state index contributed by atoms with van der Waals surface area (Å²) < 4.78 is 27.5. The second kappa shape index (κ2) is 8.44. The molecule has 150 valence electrons. The number of rotatable bonds is 7. The third-order valence-electron chi connectivity index (χ3n) is 4.25. The molecule has 2 aromatic heterocycles. The fourth-order valence-corrected chi connectivity index (χ4v) is 4.90. The van der Waals surface area contributed by atoms with Gasteiger partial charge >= 0.3 is 0 Å². The molecule has 0 unspecified atom stereocenters. The molecule has 8 nitrogen and oxygen atoms in total. The second-order valence-electron chi connectivity index (χ2n) is 6.36. The Hall–Kier alpha value is -3.55. The summed E-state index contributed by atoms with van der Waals surface area (Å²) in [5, 5.41) is 21.4. The van der Waals surface area contributed by atoms with Crippen molar-refractivity contribution in [2.24, 2.45) is 0 Å². The number of nitrogens with zero attached hydrogens (tertiary/aromatic N) is 5. The summed E-state index contributed by atoms with van der Waals surface area (Å²) in [5.74, 6) is 0.577. The van der Waals surface area contributed by atoms with Gasteiger partial charge < -0.3 is 0 Å². The van der Waals surface area contributed by atoms with Crippen molar-refractivity contribution in [2.75, 3.05) is 4.72 Å². The number of anilines is 1. The topological polar surface area (TPSA) is 114 Å². The first-order valence-corrected chi connectivity index (χ1v) is 11.3. The number of aryl methyl sites for hydroxylation is 2. The van der Waals surface area contributed by atoms with Crippen molar-refractivity contribution in [3.05, 3.63) is 77.2 Å². The number of sulfonamides is 1. The summed E-state index contributed by atoms with van der Waals surface area (Å²) in [6.45, 7) is 0.553. The summed E-state index contributed by atoms with van der Waals surface area (Å²) in [5.41, 5.74) is 2.38. The van der Waals surface area contributed by atoms with Crippen LogP contribution in [0.3, 0.4) is 0 Å². The van der Waals surface area contributed by atoms with Crippen LogP contribution in [0.2, 0.25) is 0 Å². The first kappa shape index (κ1) is 19.8. The van der Waals surface area contributed by atoms with Crippen LogP contribution in [0.4, 0.5) is 5.69 Å². The lowest BCUT2D eigenvalue weighted by Gasteiger charge is -2.07. The molecule has 4 rings (SSSR count). The minimum absolute atomic E-state index is 0.106. The van der Waals surface area contributed by atoms with Crippen LogP contribution < -0.4 is 4.72 Å². The van der Waals surface area contributed by atoms with Gasteiger partial charge in [-0.2, -0.15) is 10.1 Å². The lowest BCUT2D eigenvalue weighted by Crippen LogP contribution is -2.11. The molecule has 0 bridgehead atoms. The van der Waals surface area contributed by atoms with Crippen LogP contribution in [0.15, 0.2) is 70.9 Å². The van der Waals surface area contributed by atoms with Gasteiger partial charge in [0.25, 0.3) is 10.0 Å². The first-order valence-electron chi connectivity index (χ1n) is 8.98. The van der Waals surface area contributed by atoms with E-state index in [1.807, 2.05) is 48.5 Å². The largest absolute Gasteiger partial charge is 0.279 e. The molecule has 1 N–H and O–H groups in total. The van der Waals surface area contributed by atoms with Crippen LogP contribution in [0, 0.1) is 11.3 Å². The van der Waals surface area contributed by atoms with Crippen molar-refractivity contribution < 1.29 is 8.42 Å². The zero-order valence-electron chi connectivity index (χ0n) is 15.6. The maximum absolute atomic E-state index is 12.4. The molecule has 0 fully saturated rings. The third kappa shape index (κ3) is 4.53. The number of hydrogen-bond acceptors (Lipinski definition) is 7. The quantitative estimate of drug-likeness (QED) is 0.475. The van der Waals surface area contributed by atoms with Crippen molar-refractivity contribution in [3.63, 3.8) is 0 Å². The molecule has 0 atom stereocenters. The summed E-state index contributed by atoms with van der Waals surface area (Å²) in [4.78, 5) is 1.89. The molecule has 0 spiro atoms. The summed E-state index contributed by atoms with van der Waals surface area (Å²) in [6.07, 6.45) is 0.675. The number of nitriles is 1. The minimum atomic E-state index is -3.71. The Labute approximate surface area is 177 Å². The maximum Gasteiger partial charge on any atom is 0.271 e. The molecule has 0 aliphatic rings. The normalized spacial score (nSPS) is 11.2. The minimum Gasteiger partial charge on any atom is -0.279 e. The van der Waals surface area contributed by atoms with Crippen molar-refractivity contribution >= 4 is 27.0 Å². The molecule has 2 aromatic carbocycles. The molecule has 0 aliphatic heterocycles. The lowest BCUT2D eigenvalue weighted by atomic mass is 10.1. The van der Waals surface area contributed by atoms with Gasteiger partial charge in [-0.25, -0.2) is 8.42 Å². The van der Waals surface area contributed by atoms with E-state index in [9.17, 15) is 8.42 Å². The highest BCUT2D eigenvalue weighted by Gasteiger charge is 2.17. The monoisotopic (exact) mass is 436 g/mol. The van der Waals surface area contributed by atoms with Gasteiger partial charge in [0.2, 0.25) is 5.82 Å². The molecule has 4 aromatic rings. The van der Waals surface area contributed by atoms with E-state index in [2.05, 4.69) is 20.1 Å². The summed E-state index contributed by atoms with van der Waals surface area (Å²) in [6, 6.07) is 21.6. The van der Waals surface area contributed by atoms with Crippen LogP contribution in [0.25, 0.3) is 11.4 Å². The Morgan fingerprint density at radius 3 is 2.50 bits per heavy atom. The summed E-state index contributed by atoms with van der Waals surface area (Å²) >= 11 is 0.934. The SMILES string of the molecule is N#Cc1ccc(S(=O)(=O)Nc2ccc(CCn3nnc(-c4ccccc4)n3)cc2)s1. The predicted octanol–water partition coefficient (Wildman–Crippen LogP) is 3.32. The van der Waals surface area contributed by atoms with Gasteiger partial charge in [0.05, 0.1) is 6.54 Å².